The topological polar surface area (TPSA) is 59.1 Å². The minimum atomic E-state index is -3.66. The first kappa shape index (κ1) is 12.9. The van der Waals surface area contributed by atoms with E-state index in [4.69, 9.17) is 11.6 Å². The maximum Gasteiger partial charge on any atom is 0.263 e. The standard InChI is InChI=1S/C12H11ClN2O2S/c1-9-4-3-7-14-12(9)15-18(16,17)11-6-2-5-10(13)8-11/h2-8H,1H3,(H,14,15). The normalized spacial score (nSPS) is 11.2. The Morgan fingerprint density at radius 2 is 2.00 bits per heavy atom. The SMILES string of the molecule is Cc1cccnc1NS(=O)(=O)c1cccc(Cl)c1. The lowest BCUT2D eigenvalue weighted by atomic mass is 10.3. The van der Waals surface area contributed by atoms with Crippen LogP contribution in [0.15, 0.2) is 47.5 Å². The molecule has 94 valence electrons. The van der Waals surface area contributed by atoms with Gasteiger partial charge in [-0.25, -0.2) is 13.4 Å². The summed E-state index contributed by atoms with van der Waals surface area (Å²) in [5.74, 6) is 0.317. The first-order valence-electron chi connectivity index (χ1n) is 5.19. The van der Waals surface area contributed by atoms with Crippen LogP contribution in [0.3, 0.4) is 0 Å². The molecule has 2 aromatic rings. The van der Waals surface area contributed by atoms with Crippen LogP contribution in [-0.4, -0.2) is 13.4 Å². The highest BCUT2D eigenvalue weighted by Gasteiger charge is 2.15. The van der Waals surface area contributed by atoms with E-state index >= 15 is 0 Å². The molecule has 1 N–H and O–H groups in total. The fourth-order valence-electron chi connectivity index (χ4n) is 1.41. The largest absolute Gasteiger partial charge is 0.263 e. The van der Waals surface area contributed by atoms with Crippen LogP contribution < -0.4 is 4.72 Å². The fraction of sp³-hybridized carbons (Fsp3) is 0.0833. The number of benzene rings is 1. The minimum absolute atomic E-state index is 0.111. The van der Waals surface area contributed by atoms with Crippen molar-refractivity contribution in [2.24, 2.45) is 0 Å². The lowest BCUT2D eigenvalue weighted by Gasteiger charge is -2.09. The summed E-state index contributed by atoms with van der Waals surface area (Å²) in [6.07, 6.45) is 1.53. The predicted octanol–water partition coefficient (Wildman–Crippen LogP) is 2.84. The number of aromatic nitrogens is 1. The van der Waals surface area contributed by atoms with Gasteiger partial charge in [-0.15, -0.1) is 0 Å². The molecule has 0 atom stereocenters. The van der Waals surface area contributed by atoms with Crippen molar-refractivity contribution in [2.45, 2.75) is 11.8 Å². The zero-order chi connectivity index (χ0) is 13.2. The molecule has 18 heavy (non-hydrogen) atoms. The molecule has 0 radical (unpaired) electrons. The third-order valence-corrected chi connectivity index (χ3v) is 3.92. The van der Waals surface area contributed by atoms with Gasteiger partial charge in [-0.1, -0.05) is 23.7 Å². The van der Waals surface area contributed by atoms with E-state index in [1.165, 1.54) is 18.3 Å². The van der Waals surface area contributed by atoms with Crippen molar-refractivity contribution in [3.8, 4) is 0 Å². The van der Waals surface area contributed by atoms with E-state index in [1.807, 2.05) is 0 Å². The summed E-state index contributed by atoms with van der Waals surface area (Å²) in [5, 5.41) is 0.371. The number of nitrogens with zero attached hydrogens (tertiary/aromatic N) is 1. The number of hydrogen-bond acceptors (Lipinski definition) is 3. The minimum Gasteiger partial charge on any atom is -0.263 e. The van der Waals surface area contributed by atoms with Crippen LogP contribution in [0.25, 0.3) is 0 Å². The number of nitrogens with one attached hydrogen (secondary N) is 1. The lowest BCUT2D eigenvalue weighted by Crippen LogP contribution is -2.14. The molecule has 0 aliphatic rings. The van der Waals surface area contributed by atoms with E-state index in [0.29, 0.717) is 10.8 Å². The van der Waals surface area contributed by atoms with Gasteiger partial charge in [-0.2, -0.15) is 0 Å². The van der Waals surface area contributed by atoms with Crippen LogP contribution in [-0.2, 0) is 10.0 Å². The van der Waals surface area contributed by atoms with E-state index in [0.717, 1.165) is 5.56 Å². The van der Waals surface area contributed by atoms with Crippen LogP contribution >= 0.6 is 11.6 Å². The van der Waals surface area contributed by atoms with Gasteiger partial charge in [0.15, 0.2) is 0 Å². The van der Waals surface area contributed by atoms with Gasteiger partial charge in [0, 0.05) is 11.2 Å². The number of halogens is 1. The Morgan fingerprint density at radius 3 is 2.67 bits per heavy atom. The van der Waals surface area contributed by atoms with Gasteiger partial charge in [0.1, 0.15) is 5.82 Å². The molecule has 0 bridgehead atoms. The van der Waals surface area contributed by atoms with E-state index < -0.39 is 10.0 Å². The Balaban J connectivity index is 2.37. The van der Waals surface area contributed by atoms with Crippen LogP contribution in [0, 0.1) is 6.92 Å². The number of pyridine rings is 1. The Morgan fingerprint density at radius 1 is 1.22 bits per heavy atom. The summed E-state index contributed by atoms with van der Waals surface area (Å²) >= 11 is 5.78. The fourth-order valence-corrected chi connectivity index (χ4v) is 2.79. The molecule has 0 amide bonds. The maximum atomic E-state index is 12.1. The maximum absolute atomic E-state index is 12.1. The molecular weight excluding hydrogens is 272 g/mol. The number of hydrogen-bond donors (Lipinski definition) is 1. The van der Waals surface area contributed by atoms with Gasteiger partial charge in [-0.3, -0.25) is 4.72 Å². The molecule has 1 heterocycles. The zero-order valence-corrected chi connectivity index (χ0v) is 11.2. The number of sulfonamides is 1. The first-order chi connectivity index (χ1) is 8.49. The monoisotopic (exact) mass is 282 g/mol. The second kappa shape index (κ2) is 4.96. The molecule has 0 aliphatic heterocycles. The summed E-state index contributed by atoms with van der Waals surface area (Å²) < 4.78 is 26.6. The Labute approximate surface area is 111 Å². The smallest absolute Gasteiger partial charge is 0.263 e. The number of rotatable bonds is 3. The summed E-state index contributed by atoms with van der Waals surface area (Å²) in [6, 6.07) is 9.60. The van der Waals surface area contributed by atoms with Gasteiger partial charge in [0.05, 0.1) is 4.90 Å². The van der Waals surface area contributed by atoms with E-state index in [-0.39, 0.29) is 4.90 Å². The average Bonchev–Trinajstić information content (AvgIpc) is 2.32. The lowest BCUT2D eigenvalue weighted by molar-refractivity contribution is 0.601. The Hall–Kier alpha value is -1.59. The predicted molar refractivity (Wildman–Crippen MR) is 71.2 cm³/mol. The molecular formula is C12H11ClN2O2S. The van der Waals surface area contributed by atoms with Crippen LogP contribution in [0.2, 0.25) is 5.02 Å². The molecule has 1 aromatic carbocycles. The van der Waals surface area contributed by atoms with Crippen molar-refractivity contribution >= 4 is 27.4 Å². The van der Waals surface area contributed by atoms with Crippen molar-refractivity contribution in [3.63, 3.8) is 0 Å². The van der Waals surface area contributed by atoms with E-state index in [1.54, 1.807) is 31.2 Å². The van der Waals surface area contributed by atoms with Gasteiger partial charge in [0.2, 0.25) is 0 Å². The third-order valence-electron chi connectivity index (χ3n) is 2.35. The molecule has 4 nitrogen and oxygen atoms in total. The molecule has 0 spiro atoms. The van der Waals surface area contributed by atoms with Crippen LogP contribution in [0.5, 0.6) is 0 Å². The van der Waals surface area contributed by atoms with Crippen molar-refractivity contribution < 1.29 is 8.42 Å². The highest BCUT2D eigenvalue weighted by Crippen LogP contribution is 2.19. The van der Waals surface area contributed by atoms with Gasteiger partial charge < -0.3 is 0 Å². The molecule has 0 saturated carbocycles. The Kier molecular flexibility index (Phi) is 3.54. The van der Waals surface area contributed by atoms with Crippen molar-refractivity contribution in [1.29, 1.82) is 0 Å². The number of anilines is 1. The van der Waals surface area contributed by atoms with E-state index in [9.17, 15) is 8.42 Å². The van der Waals surface area contributed by atoms with Crippen LogP contribution in [0.4, 0.5) is 5.82 Å². The summed E-state index contributed by atoms with van der Waals surface area (Å²) in [4.78, 5) is 4.10. The molecule has 0 aliphatic carbocycles. The summed E-state index contributed by atoms with van der Waals surface area (Å²) in [6.45, 7) is 1.78. The average molecular weight is 283 g/mol. The molecule has 1 aromatic heterocycles. The van der Waals surface area contributed by atoms with Gasteiger partial charge >= 0.3 is 0 Å². The summed E-state index contributed by atoms with van der Waals surface area (Å²) in [7, 11) is -3.66. The Bertz CT molecular complexity index is 671. The molecule has 0 unspecified atom stereocenters. The zero-order valence-electron chi connectivity index (χ0n) is 9.59. The third kappa shape index (κ3) is 2.80. The second-order valence-corrected chi connectivity index (χ2v) is 5.85. The van der Waals surface area contributed by atoms with Crippen molar-refractivity contribution in [3.05, 3.63) is 53.2 Å². The molecule has 0 fully saturated rings. The summed E-state index contributed by atoms with van der Waals surface area (Å²) in [5.41, 5.74) is 0.753. The van der Waals surface area contributed by atoms with Crippen molar-refractivity contribution in [2.75, 3.05) is 4.72 Å². The highest BCUT2D eigenvalue weighted by atomic mass is 35.5. The molecule has 2 rings (SSSR count). The second-order valence-electron chi connectivity index (χ2n) is 3.73. The van der Waals surface area contributed by atoms with Crippen molar-refractivity contribution in [1.82, 2.24) is 4.98 Å². The quantitative estimate of drug-likeness (QED) is 0.942. The number of aryl methyl sites for hydroxylation is 1. The molecule has 6 heteroatoms. The highest BCUT2D eigenvalue weighted by molar-refractivity contribution is 7.92. The van der Waals surface area contributed by atoms with Gasteiger partial charge in [-0.05, 0) is 36.8 Å². The molecule has 0 saturated heterocycles. The first-order valence-corrected chi connectivity index (χ1v) is 7.05. The van der Waals surface area contributed by atoms with E-state index in [2.05, 4.69) is 9.71 Å². The van der Waals surface area contributed by atoms with Gasteiger partial charge in [0.25, 0.3) is 10.0 Å². The van der Waals surface area contributed by atoms with Crippen LogP contribution in [0.1, 0.15) is 5.56 Å².